The second-order valence-electron chi connectivity index (χ2n) is 8.97. The molecule has 7 nitrogen and oxygen atoms in total. The predicted octanol–water partition coefficient (Wildman–Crippen LogP) is 3.26. The van der Waals surface area contributed by atoms with Crippen LogP contribution in [-0.4, -0.2) is 47.3 Å². The number of nitrogens with one attached hydrogen (secondary N) is 2. The first-order valence-electron chi connectivity index (χ1n) is 11.2. The number of hydrogen-bond donors (Lipinski definition) is 2. The van der Waals surface area contributed by atoms with Gasteiger partial charge in [-0.2, -0.15) is 0 Å². The highest BCUT2D eigenvalue weighted by Gasteiger charge is 2.45. The van der Waals surface area contributed by atoms with Crippen LogP contribution in [0.25, 0.3) is 0 Å². The van der Waals surface area contributed by atoms with Crippen molar-refractivity contribution in [3.63, 3.8) is 0 Å². The third-order valence-electron chi connectivity index (χ3n) is 6.43. The zero-order valence-corrected chi connectivity index (χ0v) is 17.8. The molecule has 1 aliphatic carbocycles. The van der Waals surface area contributed by atoms with Crippen molar-refractivity contribution in [2.24, 2.45) is 5.16 Å². The maximum Gasteiger partial charge on any atom is 0.317 e. The lowest BCUT2D eigenvalue weighted by molar-refractivity contribution is -0.115. The molecule has 2 aliphatic heterocycles. The van der Waals surface area contributed by atoms with Gasteiger partial charge in [0.15, 0.2) is 5.60 Å². The Kier molecular flexibility index (Phi) is 6.25. The van der Waals surface area contributed by atoms with Crippen LogP contribution in [0.5, 0.6) is 0 Å². The van der Waals surface area contributed by atoms with E-state index in [2.05, 4.69) is 15.8 Å². The van der Waals surface area contributed by atoms with Gasteiger partial charge in [-0.3, -0.25) is 4.79 Å². The molecule has 1 atom stereocenters. The molecule has 3 aliphatic rings. The number of piperidine rings is 1. The molecule has 1 aromatic carbocycles. The molecule has 1 spiro atoms. The number of benzene rings is 1. The van der Waals surface area contributed by atoms with Gasteiger partial charge in [0.25, 0.3) is 5.91 Å². The Morgan fingerprint density at radius 1 is 1.17 bits per heavy atom. The third kappa shape index (κ3) is 4.94. The standard InChI is InChI=1S/C23H32N4O3/c1-17-8-10-18(11-9-17)15-24-21(28)20-14-23(30-26-20)12-5-13-27(16-23)22(29)25-19-6-3-2-4-7-19/h8-11,19H,2-7,12-16H2,1H3,(H,24,28)(H,25,29)/t23-/m0/s1. The molecule has 0 bridgehead atoms. The van der Waals surface area contributed by atoms with Crippen LogP contribution in [0.1, 0.15) is 62.5 Å². The molecule has 30 heavy (non-hydrogen) atoms. The van der Waals surface area contributed by atoms with Crippen molar-refractivity contribution in [3.8, 4) is 0 Å². The Morgan fingerprint density at radius 2 is 1.93 bits per heavy atom. The summed E-state index contributed by atoms with van der Waals surface area (Å²) >= 11 is 0. The first-order chi connectivity index (χ1) is 14.5. The number of aryl methyl sites for hydroxylation is 1. The Morgan fingerprint density at radius 3 is 2.70 bits per heavy atom. The van der Waals surface area contributed by atoms with Crippen LogP contribution in [-0.2, 0) is 16.2 Å². The van der Waals surface area contributed by atoms with Crippen molar-refractivity contribution in [2.45, 2.75) is 76.5 Å². The molecule has 0 radical (unpaired) electrons. The minimum atomic E-state index is -0.571. The Hall–Kier alpha value is -2.57. The number of carbonyl (C=O) groups is 2. The molecule has 3 amide bonds. The number of rotatable bonds is 4. The van der Waals surface area contributed by atoms with Gasteiger partial charge in [0, 0.05) is 25.6 Å². The minimum Gasteiger partial charge on any atom is -0.386 e. The molecular formula is C23H32N4O3. The van der Waals surface area contributed by atoms with Gasteiger partial charge in [0.05, 0.1) is 6.54 Å². The van der Waals surface area contributed by atoms with E-state index in [1.807, 2.05) is 36.1 Å². The smallest absolute Gasteiger partial charge is 0.317 e. The summed E-state index contributed by atoms with van der Waals surface area (Å²) in [6, 6.07) is 8.35. The monoisotopic (exact) mass is 412 g/mol. The molecule has 2 heterocycles. The molecule has 162 valence electrons. The number of urea groups is 1. The highest BCUT2D eigenvalue weighted by Crippen LogP contribution is 2.33. The van der Waals surface area contributed by atoms with E-state index in [0.717, 1.165) is 37.8 Å². The van der Waals surface area contributed by atoms with E-state index in [4.69, 9.17) is 4.84 Å². The van der Waals surface area contributed by atoms with Gasteiger partial charge in [0.1, 0.15) is 5.71 Å². The van der Waals surface area contributed by atoms with E-state index in [-0.39, 0.29) is 18.0 Å². The van der Waals surface area contributed by atoms with Crippen LogP contribution in [0.15, 0.2) is 29.4 Å². The quantitative estimate of drug-likeness (QED) is 0.796. The fourth-order valence-electron chi connectivity index (χ4n) is 4.64. The Labute approximate surface area is 178 Å². The summed E-state index contributed by atoms with van der Waals surface area (Å²) in [4.78, 5) is 32.9. The Balaban J connectivity index is 1.28. The normalized spacial score (nSPS) is 24.3. The van der Waals surface area contributed by atoms with E-state index in [1.165, 1.54) is 24.8 Å². The van der Waals surface area contributed by atoms with Crippen molar-refractivity contribution < 1.29 is 14.4 Å². The number of amides is 3. The first-order valence-corrected chi connectivity index (χ1v) is 11.2. The van der Waals surface area contributed by atoms with Gasteiger partial charge in [-0.05, 0) is 38.2 Å². The van der Waals surface area contributed by atoms with E-state index in [0.29, 0.717) is 25.2 Å². The van der Waals surface area contributed by atoms with Crippen molar-refractivity contribution in [2.75, 3.05) is 13.1 Å². The van der Waals surface area contributed by atoms with Gasteiger partial charge in [-0.25, -0.2) is 4.79 Å². The molecular weight excluding hydrogens is 380 g/mol. The topological polar surface area (TPSA) is 83.0 Å². The number of oxime groups is 1. The fourth-order valence-corrected chi connectivity index (χ4v) is 4.64. The van der Waals surface area contributed by atoms with E-state index in [9.17, 15) is 9.59 Å². The van der Waals surface area contributed by atoms with Gasteiger partial charge in [-0.15, -0.1) is 0 Å². The highest BCUT2D eigenvalue weighted by atomic mass is 16.7. The summed E-state index contributed by atoms with van der Waals surface area (Å²) in [5, 5.41) is 10.2. The van der Waals surface area contributed by atoms with Crippen molar-refractivity contribution >= 4 is 17.6 Å². The summed E-state index contributed by atoms with van der Waals surface area (Å²) in [7, 11) is 0. The summed E-state index contributed by atoms with van der Waals surface area (Å²) in [6.07, 6.45) is 7.87. The second-order valence-corrected chi connectivity index (χ2v) is 8.97. The molecule has 2 N–H and O–H groups in total. The van der Waals surface area contributed by atoms with E-state index >= 15 is 0 Å². The summed E-state index contributed by atoms with van der Waals surface area (Å²) in [5.74, 6) is -0.198. The average molecular weight is 413 g/mol. The molecule has 4 rings (SSSR count). The zero-order chi connectivity index (χ0) is 21.0. The van der Waals surface area contributed by atoms with Crippen LogP contribution in [0.4, 0.5) is 4.79 Å². The van der Waals surface area contributed by atoms with E-state index in [1.54, 1.807) is 0 Å². The van der Waals surface area contributed by atoms with Crippen molar-refractivity contribution in [3.05, 3.63) is 35.4 Å². The Bertz CT molecular complexity index is 801. The molecule has 7 heteroatoms. The number of carbonyl (C=O) groups excluding carboxylic acids is 2. The van der Waals surface area contributed by atoms with E-state index < -0.39 is 5.60 Å². The highest BCUT2D eigenvalue weighted by molar-refractivity contribution is 6.39. The van der Waals surface area contributed by atoms with Crippen molar-refractivity contribution in [1.29, 1.82) is 0 Å². The molecule has 1 saturated carbocycles. The maximum atomic E-state index is 12.7. The van der Waals surface area contributed by atoms with Crippen LogP contribution in [0.2, 0.25) is 0 Å². The second kappa shape index (κ2) is 9.06. The molecule has 0 aromatic heterocycles. The van der Waals surface area contributed by atoms with Gasteiger partial charge in [-0.1, -0.05) is 54.2 Å². The number of hydrogen-bond acceptors (Lipinski definition) is 4. The molecule has 1 aromatic rings. The first kappa shape index (κ1) is 20.7. The van der Waals surface area contributed by atoms with Gasteiger partial charge < -0.3 is 20.4 Å². The van der Waals surface area contributed by atoms with Crippen LogP contribution in [0, 0.1) is 6.92 Å². The average Bonchev–Trinajstić information content (AvgIpc) is 3.17. The van der Waals surface area contributed by atoms with Crippen molar-refractivity contribution in [1.82, 2.24) is 15.5 Å². The largest absolute Gasteiger partial charge is 0.386 e. The predicted molar refractivity (Wildman–Crippen MR) is 115 cm³/mol. The van der Waals surface area contributed by atoms with Crippen LogP contribution in [0.3, 0.4) is 0 Å². The van der Waals surface area contributed by atoms with Crippen LogP contribution < -0.4 is 10.6 Å². The lowest BCUT2D eigenvalue weighted by Crippen LogP contribution is -2.55. The van der Waals surface area contributed by atoms with Crippen LogP contribution >= 0.6 is 0 Å². The minimum absolute atomic E-state index is 0.0122. The van der Waals surface area contributed by atoms with Gasteiger partial charge >= 0.3 is 6.03 Å². The number of nitrogens with zero attached hydrogens (tertiary/aromatic N) is 2. The molecule has 0 unspecified atom stereocenters. The lowest BCUT2D eigenvalue weighted by Gasteiger charge is -2.39. The molecule has 1 saturated heterocycles. The summed E-state index contributed by atoms with van der Waals surface area (Å²) in [5.41, 5.74) is 2.08. The van der Waals surface area contributed by atoms with Gasteiger partial charge in [0.2, 0.25) is 0 Å². The molecule has 2 fully saturated rings. The maximum absolute atomic E-state index is 12.7. The third-order valence-corrected chi connectivity index (χ3v) is 6.43. The SMILES string of the molecule is Cc1ccc(CNC(=O)C2=NO[C@@]3(CCCN(C(=O)NC4CCCCC4)C3)C2)cc1. The zero-order valence-electron chi connectivity index (χ0n) is 17.8. The summed E-state index contributed by atoms with van der Waals surface area (Å²) < 4.78 is 0. The number of likely N-dealkylation sites (tertiary alicyclic amines) is 1. The fraction of sp³-hybridized carbons (Fsp3) is 0.609. The summed E-state index contributed by atoms with van der Waals surface area (Å²) in [6.45, 7) is 3.69. The lowest BCUT2D eigenvalue weighted by atomic mass is 9.88.